The third kappa shape index (κ3) is 4.92. The Bertz CT molecular complexity index is 1510. The Balaban J connectivity index is 1.52. The van der Waals surface area contributed by atoms with E-state index in [0.717, 1.165) is 4.90 Å². The summed E-state index contributed by atoms with van der Waals surface area (Å²) in [6.07, 6.45) is 0. The monoisotopic (exact) mass is 538 g/mol. The molecule has 1 aliphatic heterocycles. The van der Waals surface area contributed by atoms with Crippen molar-refractivity contribution in [3.05, 3.63) is 108 Å². The summed E-state index contributed by atoms with van der Waals surface area (Å²) in [6, 6.07) is 25.7. The molecule has 0 fully saturated rings. The molecule has 9 nitrogen and oxygen atoms in total. The number of carbonyl (C=O) groups is 3. The summed E-state index contributed by atoms with van der Waals surface area (Å²) in [5.41, 5.74) is 1.23. The second kappa shape index (κ2) is 11.2. The molecule has 0 bridgehead atoms. The minimum Gasteiger partial charge on any atom is -0.493 e. The van der Waals surface area contributed by atoms with Gasteiger partial charge in [0.15, 0.2) is 11.5 Å². The van der Waals surface area contributed by atoms with Crippen LogP contribution in [0, 0.1) is 0 Å². The number of hydrogen-bond acceptors (Lipinski definition) is 7. The Labute approximate surface area is 231 Å². The first-order valence-corrected chi connectivity index (χ1v) is 12.3. The van der Waals surface area contributed by atoms with Gasteiger partial charge in [0.25, 0.3) is 17.7 Å². The van der Waals surface area contributed by atoms with Gasteiger partial charge < -0.3 is 18.9 Å². The van der Waals surface area contributed by atoms with Crippen LogP contribution in [0.4, 0.5) is 5.69 Å². The van der Waals surface area contributed by atoms with Crippen molar-refractivity contribution in [2.75, 3.05) is 32.9 Å². The average Bonchev–Trinajstić information content (AvgIpc) is 3.24. The number of rotatable bonds is 9. The number of fused-ring (bicyclic) bond motifs is 1. The van der Waals surface area contributed by atoms with Crippen LogP contribution >= 0.6 is 0 Å². The zero-order valence-electron chi connectivity index (χ0n) is 22.1. The molecule has 0 saturated carbocycles. The maximum absolute atomic E-state index is 14.0. The summed E-state index contributed by atoms with van der Waals surface area (Å²) in [5, 5.41) is 0. The standard InChI is InChI=1S/C31H26N2O7/c1-37-26-17-20(18-27(38-2)28(26)39-3)29(34)32(19-33-30(35)24-11-7-8-12-25(24)31(33)36)21-13-15-23(16-14-21)40-22-9-5-4-6-10-22/h4-18H,19H2,1-3H3. The van der Waals surface area contributed by atoms with Gasteiger partial charge in [0.05, 0.1) is 32.5 Å². The minimum absolute atomic E-state index is 0.204. The zero-order chi connectivity index (χ0) is 28.2. The van der Waals surface area contributed by atoms with Crippen LogP contribution in [0.1, 0.15) is 31.1 Å². The summed E-state index contributed by atoms with van der Waals surface area (Å²) < 4.78 is 22.1. The van der Waals surface area contributed by atoms with Crippen molar-refractivity contribution in [3.8, 4) is 28.7 Å². The maximum atomic E-state index is 14.0. The van der Waals surface area contributed by atoms with E-state index in [-0.39, 0.29) is 23.7 Å². The molecule has 0 aliphatic carbocycles. The first-order valence-electron chi connectivity index (χ1n) is 12.3. The van der Waals surface area contributed by atoms with Crippen LogP contribution in [-0.2, 0) is 0 Å². The number of anilines is 1. The molecule has 3 amide bonds. The fourth-order valence-electron chi connectivity index (χ4n) is 4.45. The van der Waals surface area contributed by atoms with Crippen molar-refractivity contribution in [2.45, 2.75) is 0 Å². The van der Waals surface area contributed by atoms with E-state index in [1.54, 1.807) is 48.5 Å². The van der Waals surface area contributed by atoms with E-state index in [1.165, 1.54) is 38.4 Å². The Hall–Kier alpha value is -5.31. The van der Waals surface area contributed by atoms with Gasteiger partial charge in [-0.3, -0.25) is 24.2 Å². The molecule has 1 aliphatic rings. The molecule has 40 heavy (non-hydrogen) atoms. The number of para-hydroxylation sites is 1. The van der Waals surface area contributed by atoms with E-state index in [4.69, 9.17) is 18.9 Å². The topological polar surface area (TPSA) is 94.6 Å². The number of imide groups is 1. The molecular weight excluding hydrogens is 512 g/mol. The Morgan fingerprint density at radius 3 is 1.75 bits per heavy atom. The fraction of sp³-hybridized carbons (Fsp3) is 0.129. The third-order valence-corrected chi connectivity index (χ3v) is 6.45. The van der Waals surface area contributed by atoms with Crippen LogP contribution in [0.25, 0.3) is 0 Å². The van der Waals surface area contributed by atoms with Crippen molar-refractivity contribution in [3.63, 3.8) is 0 Å². The molecule has 9 heteroatoms. The van der Waals surface area contributed by atoms with E-state index in [2.05, 4.69) is 0 Å². The summed E-state index contributed by atoms with van der Waals surface area (Å²) in [4.78, 5) is 42.7. The van der Waals surface area contributed by atoms with Gasteiger partial charge in [-0.1, -0.05) is 30.3 Å². The lowest BCUT2D eigenvalue weighted by atomic mass is 10.1. The Kier molecular flexibility index (Phi) is 7.37. The van der Waals surface area contributed by atoms with Gasteiger partial charge in [-0.05, 0) is 60.7 Å². The summed E-state index contributed by atoms with van der Waals surface area (Å²) >= 11 is 0. The van der Waals surface area contributed by atoms with Crippen LogP contribution < -0.4 is 23.8 Å². The Morgan fingerprint density at radius 2 is 1.23 bits per heavy atom. The molecule has 0 saturated heterocycles. The molecule has 0 atom stereocenters. The summed E-state index contributed by atoms with van der Waals surface area (Å²) in [7, 11) is 4.37. The molecule has 0 spiro atoms. The average molecular weight is 539 g/mol. The summed E-state index contributed by atoms with van der Waals surface area (Å²) in [6.45, 7) is -0.319. The smallest absolute Gasteiger partial charge is 0.263 e. The van der Waals surface area contributed by atoms with E-state index in [0.29, 0.717) is 34.1 Å². The van der Waals surface area contributed by atoms with Crippen molar-refractivity contribution in [1.29, 1.82) is 0 Å². The molecule has 0 N–H and O–H groups in total. The largest absolute Gasteiger partial charge is 0.493 e. The number of benzene rings is 4. The number of hydrogen-bond donors (Lipinski definition) is 0. The quantitative estimate of drug-likeness (QED) is 0.263. The molecular formula is C31H26N2O7. The number of carbonyl (C=O) groups excluding carboxylic acids is 3. The lowest BCUT2D eigenvalue weighted by Crippen LogP contribution is -2.44. The van der Waals surface area contributed by atoms with Gasteiger partial charge in [0.2, 0.25) is 5.75 Å². The van der Waals surface area contributed by atoms with Crippen molar-refractivity contribution in [2.24, 2.45) is 0 Å². The highest BCUT2D eigenvalue weighted by Gasteiger charge is 2.37. The number of amides is 3. The highest BCUT2D eigenvalue weighted by Crippen LogP contribution is 2.39. The van der Waals surface area contributed by atoms with Gasteiger partial charge in [0, 0.05) is 11.3 Å². The number of methoxy groups -OCH3 is 3. The van der Waals surface area contributed by atoms with Crippen molar-refractivity contribution >= 4 is 23.4 Å². The first-order chi connectivity index (χ1) is 19.4. The molecule has 5 rings (SSSR count). The molecule has 0 unspecified atom stereocenters. The van der Waals surface area contributed by atoms with Crippen LogP contribution in [0.3, 0.4) is 0 Å². The highest BCUT2D eigenvalue weighted by atomic mass is 16.5. The third-order valence-electron chi connectivity index (χ3n) is 6.45. The number of ether oxygens (including phenoxy) is 4. The molecule has 0 radical (unpaired) electrons. The van der Waals surface area contributed by atoms with Crippen LogP contribution in [0.5, 0.6) is 28.7 Å². The van der Waals surface area contributed by atoms with E-state index >= 15 is 0 Å². The Morgan fingerprint density at radius 1 is 0.700 bits per heavy atom. The predicted octanol–water partition coefficient (Wildman–Crippen LogP) is 5.41. The highest BCUT2D eigenvalue weighted by molar-refractivity contribution is 6.22. The van der Waals surface area contributed by atoms with Crippen LogP contribution in [0.15, 0.2) is 91.0 Å². The molecule has 0 aromatic heterocycles. The molecule has 1 heterocycles. The van der Waals surface area contributed by atoms with Crippen LogP contribution in [0.2, 0.25) is 0 Å². The molecule has 4 aromatic rings. The van der Waals surface area contributed by atoms with E-state index in [9.17, 15) is 14.4 Å². The van der Waals surface area contributed by atoms with E-state index in [1.807, 2.05) is 30.3 Å². The first kappa shape index (κ1) is 26.3. The lowest BCUT2D eigenvalue weighted by Gasteiger charge is -2.28. The van der Waals surface area contributed by atoms with E-state index < -0.39 is 17.7 Å². The van der Waals surface area contributed by atoms with Crippen molar-refractivity contribution < 1.29 is 33.3 Å². The van der Waals surface area contributed by atoms with Gasteiger partial charge >= 0.3 is 0 Å². The van der Waals surface area contributed by atoms with Gasteiger partial charge in [-0.2, -0.15) is 0 Å². The van der Waals surface area contributed by atoms with Gasteiger partial charge in [0.1, 0.15) is 18.2 Å². The zero-order valence-corrected chi connectivity index (χ0v) is 22.1. The summed E-state index contributed by atoms with van der Waals surface area (Å²) in [5.74, 6) is 0.667. The van der Waals surface area contributed by atoms with Crippen LogP contribution in [-0.4, -0.2) is 50.6 Å². The molecule has 202 valence electrons. The maximum Gasteiger partial charge on any atom is 0.263 e. The second-order valence-electron chi connectivity index (χ2n) is 8.78. The second-order valence-corrected chi connectivity index (χ2v) is 8.78. The SMILES string of the molecule is COc1cc(C(=O)N(CN2C(=O)c3ccccc3C2=O)c2ccc(Oc3ccccc3)cc2)cc(OC)c1OC. The van der Waals surface area contributed by atoms with Gasteiger partial charge in [-0.25, -0.2) is 0 Å². The van der Waals surface area contributed by atoms with Gasteiger partial charge in [-0.15, -0.1) is 0 Å². The fourth-order valence-corrected chi connectivity index (χ4v) is 4.45. The minimum atomic E-state index is -0.493. The van der Waals surface area contributed by atoms with Crippen molar-refractivity contribution in [1.82, 2.24) is 4.90 Å². The normalized spacial score (nSPS) is 12.1. The molecule has 4 aromatic carbocycles. The predicted molar refractivity (Wildman–Crippen MR) is 148 cm³/mol. The number of nitrogens with zero attached hydrogens (tertiary/aromatic N) is 2. The lowest BCUT2D eigenvalue weighted by molar-refractivity contribution is 0.0650.